The van der Waals surface area contributed by atoms with Gasteiger partial charge in [0.25, 0.3) is 5.91 Å². The number of fused-ring (bicyclic) bond motifs is 2. The van der Waals surface area contributed by atoms with Crippen molar-refractivity contribution < 1.29 is 14.4 Å². The number of imide groups is 1. The third-order valence-corrected chi connectivity index (χ3v) is 5.15. The number of amides is 4. The van der Waals surface area contributed by atoms with Crippen LogP contribution in [-0.4, -0.2) is 34.3 Å². The zero-order valence-corrected chi connectivity index (χ0v) is 14.8. The van der Waals surface area contributed by atoms with E-state index in [0.717, 1.165) is 28.9 Å². The summed E-state index contributed by atoms with van der Waals surface area (Å²) in [5.74, 6) is -0.752. The van der Waals surface area contributed by atoms with Gasteiger partial charge < -0.3 is 10.6 Å². The van der Waals surface area contributed by atoms with Gasteiger partial charge in [0.15, 0.2) is 0 Å². The van der Waals surface area contributed by atoms with Crippen molar-refractivity contribution >= 4 is 17.8 Å². The lowest BCUT2D eigenvalue weighted by molar-refractivity contribution is -0.135. The van der Waals surface area contributed by atoms with Crippen LogP contribution in [0, 0.1) is 0 Å². The first-order valence-corrected chi connectivity index (χ1v) is 8.99. The van der Waals surface area contributed by atoms with E-state index in [1.807, 2.05) is 30.3 Å². The number of hydrogen-bond donors (Lipinski definition) is 2. The molecule has 1 aliphatic heterocycles. The molecular formula is C20H20N4O3. The van der Waals surface area contributed by atoms with Crippen LogP contribution in [0.5, 0.6) is 0 Å². The Kier molecular flexibility index (Phi) is 4.35. The first-order valence-electron chi connectivity index (χ1n) is 8.99. The molecule has 2 aliphatic rings. The maximum absolute atomic E-state index is 13.1. The third kappa shape index (κ3) is 3.05. The van der Waals surface area contributed by atoms with E-state index < -0.39 is 17.5 Å². The molecule has 0 saturated carbocycles. The Hall–Kier alpha value is -3.22. The molecule has 1 fully saturated rings. The minimum atomic E-state index is -1.05. The first-order chi connectivity index (χ1) is 13.1. The van der Waals surface area contributed by atoms with E-state index in [9.17, 15) is 14.4 Å². The number of pyridine rings is 1. The average Bonchev–Trinajstić information content (AvgIpc) is 2.92. The summed E-state index contributed by atoms with van der Waals surface area (Å²) < 4.78 is 0. The number of nitrogens with zero attached hydrogens (tertiary/aromatic N) is 2. The molecule has 7 heteroatoms. The Balaban J connectivity index is 1.48. The van der Waals surface area contributed by atoms with E-state index in [1.165, 1.54) is 0 Å². The lowest BCUT2D eigenvalue weighted by Crippen LogP contribution is -2.47. The Labute approximate surface area is 156 Å². The van der Waals surface area contributed by atoms with Gasteiger partial charge in [0.1, 0.15) is 12.1 Å². The molecule has 2 heterocycles. The Morgan fingerprint density at radius 2 is 2.00 bits per heavy atom. The highest BCUT2D eigenvalue weighted by Gasteiger charge is 2.54. The van der Waals surface area contributed by atoms with E-state index in [4.69, 9.17) is 0 Å². The van der Waals surface area contributed by atoms with Crippen molar-refractivity contribution in [1.82, 2.24) is 20.5 Å². The van der Waals surface area contributed by atoms with Gasteiger partial charge >= 0.3 is 6.03 Å². The summed E-state index contributed by atoms with van der Waals surface area (Å²) in [6.45, 7) is -0.0568. The van der Waals surface area contributed by atoms with Crippen molar-refractivity contribution in [3.05, 3.63) is 65.5 Å². The van der Waals surface area contributed by atoms with Crippen molar-refractivity contribution in [3.63, 3.8) is 0 Å². The van der Waals surface area contributed by atoms with E-state index >= 15 is 0 Å². The second-order valence-electron chi connectivity index (χ2n) is 6.84. The molecule has 1 unspecified atom stereocenters. The van der Waals surface area contributed by atoms with Crippen LogP contribution in [0.15, 0.2) is 48.7 Å². The number of hydrogen-bond acceptors (Lipinski definition) is 4. The summed E-state index contributed by atoms with van der Waals surface area (Å²) in [5.41, 5.74) is 1.57. The highest BCUT2D eigenvalue weighted by atomic mass is 16.2. The highest BCUT2D eigenvalue weighted by molar-refractivity contribution is 6.09. The molecule has 1 aromatic heterocycles. The van der Waals surface area contributed by atoms with Gasteiger partial charge in [0, 0.05) is 6.20 Å². The molecule has 1 spiro atoms. The zero-order chi connectivity index (χ0) is 18.9. The minimum Gasteiger partial charge on any atom is -0.349 e. The second kappa shape index (κ2) is 6.83. The van der Waals surface area contributed by atoms with Gasteiger partial charge in [-0.25, -0.2) is 4.79 Å². The van der Waals surface area contributed by atoms with Gasteiger partial charge in [-0.15, -0.1) is 0 Å². The van der Waals surface area contributed by atoms with Crippen LogP contribution in [0.1, 0.15) is 29.7 Å². The van der Waals surface area contributed by atoms with Crippen molar-refractivity contribution in [2.75, 3.05) is 6.54 Å². The third-order valence-electron chi connectivity index (χ3n) is 5.15. The quantitative estimate of drug-likeness (QED) is 0.804. The smallest absolute Gasteiger partial charge is 0.325 e. The molecule has 0 bridgehead atoms. The van der Waals surface area contributed by atoms with Crippen molar-refractivity contribution in [1.29, 1.82) is 0 Å². The van der Waals surface area contributed by atoms with E-state index in [0.29, 0.717) is 12.1 Å². The fourth-order valence-corrected chi connectivity index (χ4v) is 3.85. The van der Waals surface area contributed by atoms with Gasteiger partial charge in [0.2, 0.25) is 5.91 Å². The fourth-order valence-electron chi connectivity index (χ4n) is 3.85. The van der Waals surface area contributed by atoms with E-state index in [1.54, 1.807) is 18.3 Å². The highest BCUT2D eigenvalue weighted by Crippen LogP contribution is 2.39. The molecule has 138 valence electrons. The molecule has 1 saturated heterocycles. The molecule has 2 aromatic rings. The van der Waals surface area contributed by atoms with Gasteiger partial charge in [-0.05, 0) is 42.5 Å². The molecule has 2 N–H and O–H groups in total. The first kappa shape index (κ1) is 17.2. The predicted octanol–water partition coefficient (Wildman–Crippen LogP) is 1.48. The van der Waals surface area contributed by atoms with Crippen LogP contribution in [0.25, 0.3) is 0 Å². The molecule has 1 aromatic carbocycles. The largest absolute Gasteiger partial charge is 0.349 e. The van der Waals surface area contributed by atoms with Gasteiger partial charge in [-0.2, -0.15) is 0 Å². The predicted molar refractivity (Wildman–Crippen MR) is 97.4 cm³/mol. The number of nitrogens with one attached hydrogen (secondary N) is 2. The van der Waals surface area contributed by atoms with E-state index in [-0.39, 0.29) is 19.0 Å². The molecule has 27 heavy (non-hydrogen) atoms. The van der Waals surface area contributed by atoms with E-state index in [2.05, 4.69) is 15.6 Å². The number of carbonyl (C=O) groups is 3. The summed E-state index contributed by atoms with van der Waals surface area (Å²) in [7, 11) is 0. The fraction of sp³-hybridized carbons (Fsp3) is 0.300. The van der Waals surface area contributed by atoms with Crippen molar-refractivity contribution in [2.24, 2.45) is 0 Å². The zero-order valence-electron chi connectivity index (χ0n) is 14.8. The van der Waals surface area contributed by atoms with Gasteiger partial charge in [-0.3, -0.25) is 19.5 Å². The molecule has 1 aliphatic carbocycles. The van der Waals surface area contributed by atoms with Crippen LogP contribution in [-0.2, 0) is 28.1 Å². The Morgan fingerprint density at radius 3 is 2.81 bits per heavy atom. The van der Waals surface area contributed by atoms with Crippen LogP contribution in [0.4, 0.5) is 4.79 Å². The monoisotopic (exact) mass is 364 g/mol. The van der Waals surface area contributed by atoms with Crippen LogP contribution >= 0.6 is 0 Å². The summed E-state index contributed by atoms with van der Waals surface area (Å²) in [5, 5.41) is 5.55. The summed E-state index contributed by atoms with van der Waals surface area (Å²) in [6.07, 6.45) is 3.87. The van der Waals surface area contributed by atoms with Gasteiger partial charge in [-0.1, -0.05) is 30.3 Å². The lowest BCUT2D eigenvalue weighted by Gasteiger charge is -2.33. The number of benzene rings is 1. The number of aryl methyl sites for hydroxylation is 1. The minimum absolute atomic E-state index is 0.247. The molecular weight excluding hydrogens is 344 g/mol. The summed E-state index contributed by atoms with van der Waals surface area (Å²) in [6, 6.07) is 12.6. The van der Waals surface area contributed by atoms with Crippen molar-refractivity contribution in [3.8, 4) is 0 Å². The maximum atomic E-state index is 13.1. The average molecular weight is 364 g/mol. The number of urea groups is 1. The Morgan fingerprint density at radius 1 is 1.19 bits per heavy atom. The SMILES string of the molecule is O=C(CN1C(=O)NC2(CCCc3ccccc32)C1=O)NCc1ccccn1. The van der Waals surface area contributed by atoms with Crippen LogP contribution in [0.2, 0.25) is 0 Å². The summed E-state index contributed by atoms with van der Waals surface area (Å²) >= 11 is 0. The number of rotatable bonds is 4. The lowest BCUT2D eigenvalue weighted by atomic mass is 9.76. The topological polar surface area (TPSA) is 91.4 Å². The maximum Gasteiger partial charge on any atom is 0.325 e. The van der Waals surface area contributed by atoms with Crippen molar-refractivity contribution in [2.45, 2.75) is 31.3 Å². The number of carbonyl (C=O) groups excluding carboxylic acids is 3. The standard InChI is InChI=1S/C20H20N4O3/c25-17(22-12-15-8-3-4-11-21-15)13-24-18(26)20(23-19(24)27)10-5-7-14-6-1-2-9-16(14)20/h1-4,6,8-9,11H,5,7,10,12-13H2,(H,22,25)(H,23,27). The van der Waals surface area contributed by atoms with Gasteiger partial charge in [0.05, 0.1) is 12.2 Å². The molecule has 4 amide bonds. The molecule has 1 atom stereocenters. The molecule has 4 rings (SSSR count). The molecule has 7 nitrogen and oxygen atoms in total. The Bertz CT molecular complexity index is 899. The second-order valence-corrected chi connectivity index (χ2v) is 6.84. The van der Waals surface area contributed by atoms with Crippen LogP contribution in [0.3, 0.4) is 0 Å². The molecule has 0 radical (unpaired) electrons. The van der Waals surface area contributed by atoms with Crippen LogP contribution < -0.4 is 10.6 Å². The normalized spacial score (nSPS) is 21.1. The summed E-state index contributed by atoms with van der Waals surface area (Å²) in [4.78, 5) is 43.0. The number of aromatic nitrogens is 1.